The van der Waals surface area contributed by atoms with Crippen LogP contribution in [0.2, 0.25) is 0 Å². The highest BCUT2D eigenvalue weighted by atomic mass is 32.2. The van der Waals surface area contributed by atoms with E-state index in [1.807, 2.05) is 18.2 Å². The second kappa shape index (κ2) is 5.88. The van der Waals surface area contributed by atoms with E-state index >= 15 is 0 Å². The molecule has 0 aliphatic rings. The number of hydrogen-bond donors (Lipinski definition) is 0. The first kappa shape index (κ1) is 15.3. The molecule has 0 saturated heterocycles. The molecule has 3 heterocycles. The number of sulfone groups is 1. The van der Waals surface area contributed by atoms with Crippen molar-refractivity contribution in [3.8, 4) is 23.0 Å². The van der Waals surface area contributed by atoms with Crippen molar-refractivity contribution in [1.82, 2.24) is 24.7 Å². The molecule has 0 aromatic carbocycles. The summed E-state index contributed by atoms with van der Waals surface area (Å²) in [6.45, 7) is 1.60. The molecule has 0 saturated carbocycles. The molecule has 0 unspecified atom stereocenters. The van der Waals surface area contributed by atoms with Crippen LogP contribution in [0.3, 0.4) is 0 Å². The molecule has 0 aliphatic heterocycles. The fraction of sp³-hybridized carbons (Fsp3) is 0.200. The molecule has 3 aromatic heterocycles. The number of pyridine rings is 2. The summed E-state index contributed by atoms with van der Waals surface area (Å²) in [4.78, 5) is 8.61. The zero-order valence-electron chi connectivity index (χ0n) is 12.7. The SMILES string of the molecule is CCS(=O)(=O)c1cccnc1-c1nnc(-c2ccccn2)n1C. The van der Waals surface area contributed by atoms with Gasteiger partial charge < -0.3 is 4.57 Å². The maximum Gasteiger partial charge on any atom is 0.184 e. The van der Waals surface area contributed by atoms with Crippen LogP contribution in [-0.4, -0.2) is 38.9 Å². The van der Waals surface area contributed by atoms with Crippen molar-refractivity contribution in [3.05, 3.63) is 42.7 Å². The van der Waals surface area contributed by atoms with Gasteiger partial charge in [-0.2, -0.15) is 0 Å². The highest BCUT2D eigenvalue weighted by molar-refractivity contribution is 7.91. The Kier molecular flexibility index (Phi) is 3.91. The first-order valence-corrected chi connectivity index (χ1v) is 8.68. The highest BCUT2D eigenvalue weighted by Crippen LogP contribution is 2.26. The van der Waals surface area contributed by atoms with Crippen molar-refractivity contribution < 1.29 is 8.42 Å². The summed E-state index contributed by atoms with van der Waals surface area (Å²) >= 11 is 0. The minimum absolute atomic E-state index is 0.00333. The van der Waals surface area contributed by atoms with E-state index in [-0.39, 0.29) is 10.6 Å². The second-order valence-corrected chi connectivity index (χ2v) is 7.12. The summed E-state index contributed by atoms with van der Waals surface area (Å²) in [7, 11) is -1.65. The Hall–Kier alpha value is -2.61. The lowest BCUT2D eigenvalue weighted by atomic mass is 10.3. The molecule has 7 nitrogen and oxygen atoms in total. The minimum atomic E-state index is -3.41. The summed E-state index contributed by atoms with van der Waals surface area (Å²) in [5.74, 6) is 0.931. The molecule has 8 heteroatoms. The van der Waals surface area contributed by atoms with Gasteiger partial charge in [0.05, 0.1) is 10.6 Å². The van der Waals surface area contributed by atoms with Gasteiger partial charge in [-0.15, -0.1) is 10.2 Å². The molecule has 3 rings (SSSR count). The third-order valence-corrected chi connectivity index (χ3v) is 5.23. The van der Waals surface area contributed by atoms with Crippen LogP contribution in [0.25, 0.3) is 23.0 Å². The first-order valence-electron chi connectivity index (χ1n) is 7.03. The quantitative estimate of drug-likeness (QED) is 0.724. The summed E-state index contributed by atoms with van der Waals surface area (Å²) in [6, 6.07) is 8.62. The van der Waals surface area contributed by atoms with Crippen LogP contribution in [-0.2, 0) is 16.9 Å². The number of hydrogen-bond acceptors (Lipinski definition) is 6. The van der Waals surface area contributed by atoms with E-state index in [1.54, 1.807) is 37.0 Å². The fourth-order valence-electron chi connectivity index (χ4n) is 2.22. The molecule has 0 fully saturated rings. The van der Waals surface area contributed by atoms with Crippen molar-refractivity contribution in [2.45, 2.75) is 11.8 Å². The molecule has 0 N–H and O–H groups in total. The lowest BCUT2D eigenvalue weighted by Crippen LogP contribution is -2.08. The van der Waals surface area contributed by atoms with E-state index < -0.39 is 9.84 Å². The van der Waals surface area contributed by atoms with Crippen molar-refractivity contribution in [2.75, 3.05) is 5.75 Å². The van der Waals surface area contributed by atoms with Crippen LogP contribution in [0.15, 0.2) is 47.6 Å². The molecule has 0 aliphatic carbocycles. The third kappa shape index (κ3) is 2.72. The monoisotopic (exact) mass is 329 g/mol. The predicted octanol–water partition coefficient (Wildman–Crippen LogP) is 1.73. The molecule has 0 radical (unpaired) electrons. The molecular weight excluding hydrogens is 314 g/mol. The Labute approximate surface area is 134 Å². The van der Waals surface area contributed by atoms with Gasteiger partial charge in [0.15, 0.2) is 21.5 Å². The van der Waals surface area contributed by atoms with Gasteiger partial charge in [-0.05, 0) is 24.3 Å². The maximum atomic E-state index is 12.3. The Balaban J connectivity index is 2.17. The first-order chi connectivity index (χ1) is 11.0. The highest BCUT2D eigenvalue weighted by Gasteiger charge is 2.23. The lowest BCUT2D eigenvalue weighted by Gasteiger charge is -2.08. The Morgan fingerprint density at radius 3 is 2.43 bits per heavy atom. The Morgan fingerprint density at radius 2 is 1.74 bits per heavy atom. The van der Waals surface area contributed by atoms with Crippen molar-refractivity contribution >= 4 is 9.84 Å². The van der Waals surface area contributed by atoms with Gasteiger partial charge >= 0.3 is 0 Å². The fourth-order valence-corrected chi connectivity index (χ4v) is 3.25. The number of rotatable bonds is 4. The van der Waals surface area contributed by atoms with Gasteiger partial charge in [0.25, 0.3) is 0 Å². The average Bonchev–Trinajstić information content (AvgIpc) is 2.97. The van der Waals surface area contributed by atoms with Gasteiger partial charge in [0, 0.05) is 19.4 Å². The smallest absolute Gasteiger partial charge is 0.184 e. The predicted molar refractivity (Wildman–Crippen MR) is 85.2 cm³/mol. The molecule has 118 valence electrons. The summed E-state index contributed by atoms with van der Waals surface area (Å²) in [6.07, 6.45) is 3.20. The number of nitrogens with zero attached hydrogens (tertiary/aromatic N) is 5. The van der Waals surface area contributed by atoms with Crippen LogP contribution in [0.1, 0.15) is 6.92 Å². The summed E-state index contributed by atoms with van der Waals surface area (Å²) < 4.78 is 26.2. The standard InChI is InChI=1S/C15H15N5O2S/c1-3-23(21,22)12-8-6-10-17-13(12)15-19-18-14(20(15)2)11-7-4-5-9-16-11/h4-10H,3H2,1-2H3. The normalized spacial score (nSPS) is 11.6. The van der Waals surface area contributed by atoms with Gasteiger partial charge in [-0.25, -0.2) is 8.42 Å². The largest absolute Gasteiger partial charge is 0.307 e. The van der Waals surface area contributed by atoms with Gasteiger partial charge in [-0.3, -0.25) is 9.97 Å². The van der Waals surface area contributed by atoms with E-state index in [0.29, 0.717) is 23.0 Å². The molecule has 3 aromatic rings. The topological polar surface area (TPSA) is 90.6 Å². The average molecular weight is 329 g/mol. The van der Waals surface area contributed by atoms with E-state index in [2.05, 4.69) is 20.2 Å². The molecule has 0 spiro atoms. The molecular formula is C15H15N5O2S. The van der Waals surface area contributed by atoms with Crippen molar-refractivity contribution in [2.24, 2.45) is 7.05 Å². The third-order valence-electron chi connectivity index (χ3n) is 3.47. The lowest BCUT2D eigenvalue weighted by molar-refractivity contribution is 0.597. The minimum Gasteiger partial charge on any atom is -0.307 e. The Morgan fingerprint density at radius 1 is 1.00 bits per heavy atom. The molecule has 0 bridgehead atoms. The van der Waals surface area contributed by atoms with Crippen LogP contribution in [0.4, 0.5) is 0 Å². The molecule has 0 amide bonds. The van der Waals surface area contributed by atoms with E-state index in [4.69, 9.17) is 0 Å². The van der Waals surface area contributed by atoms with Crippen LogP contribution in [0, 0.1) is 0 Å². The van der Waals surface area contributed by atoms with Crippen molar-refractivity contribution in [3.63, 3.8) is 0 Å². The number of aromatic nitrogens is 5. The van der Waals surface area contributed by atoms with Crippen LogP contribution >= 0.6 is 0 Å². The van der Waals surface area contributed by atoms with Crippen LogP contribution in [0.5, 0.6) is 0 Å². The zero-order valence-corrected chi connectivity index (χ0v) is 13.5. The van der Waals surface area contributed by atoms with E-state index in [0.717, 1.165) is 0 Å². The van der Waals surface area contributed by atoms with Gasteiger partial charge in [-0.1, -0.05) is 13.0 Å². The summed E-state index contributed by atoms with van der Waals surface area (Å²) in [5, 5.41) is 8.24. The van der Waals surface area contributed by atoms with E-state index in [1.165, 1.54) is 6.07 Å². The van der Waals surface area contributed by atoms with Gasteiger partial charge in [0.2, 0.25) is 0 Å². The maximum absolute atomic E-state index is 12.3. The Bertz CT molecular complexity index is 936. The van der Waals surface area contributed by atoms with E-state index in [9.17, 15) is 8.42 Å². The summed E-state index contributed by atoms with van der Waals surface area (Å²) in [5.41, 5.74) is 0.955. The zero-order chi connectivity index (χ0) is 16.4. The molecule has 0 atom stereocenters. The van der Waals surface area contributed by atoms with Crippen LogP contribution < -0.4 is 0 Å². The van der Waals surface area contributed by atoms with Crippen molar-refractivity contribution in [1.29, 1.82) is 0 Å². The van der Waals surface area contributed by atoms with Gasteiger partial charge in [0.1, 0.15) is 11.4 Å². The molecule has 23 heavy (non-hydrogen) atoms. The second-order valence-electron chi connectivity index (χ2n) is 4.87.